The van der Waals surface area contributed by atoms with E-state index in [1.54, 1.807) is 24.3 Å². The molecule has 0 spiro atoms. The van der Waals surface area contributed by atoms with E-state index in [4.69, 9.17) is 16.2 Å². The Morgan fingerprint density at radius 3 is 2.65 bits per heavy atom. The molecular weight excluding hydrogens is 332 g/mol. The standard InChI is InChI=1S/C18H20N6O2/c19-10-13-16(22-18(21)23-17(13)20)12-6-2-3-7-14(12)26-11-15(25)24-8-4-1-5-9-24/h2-3,6-7H,1,4-5,8-9,11H2,(H4,20,21,22,23). The quantitative estimate of drug-likeness (QED) is 0.853. The number of hydrogen-bond donors (Lipinski definition) is 2. The van der Waals surface area contributed by atoms with Gasteiger partial charge in [-0.1, -0.05) is 12.1 Å². The van der Waals surface area contributed by atoms with Gasteiger partial charge in [-0.3, -0.25) is 4.79 Å². The number of piperidine rings is 1. The number of benzene rings is 1. The van der Waals surface area contributed by atoms with Crippen LogP contribution in [0.1, 0.15) is 24.8 Å². The molecule has 1 aromatic heterocycles. The summed E-state index contributed by atoms with van der Waals surface area (Å²) < 4.78 is 5.74. The summed E-state index contributed by atoms with van der Waals surface area (Å²) in [5.74, 6) is 0.360. The highest BCUT2D eigenvalue weighted by molar-refractivity contribution is 5.80. The van der Waals surface area contributed by atoms with Crippen molar-refractivity contribution in [2.45, 2.75) is 19.3 Å². The van der Waals surface area contributed by atoms with E-state index in [-0.39, 0.29) is 29.8 Å². The second-order valence-electron chi connectivity index (χ2n) is 6.03. The number of amides is 1. The number of anilines is 2. The molecule has 2 heterocycles. The Labute approximate surface area is 151 Å². The van der Waals surface area contributed by atoms with Crippen LogP contribution in [0.3, 0.4) is 0 Å². The monoisotopic (exact) mass is 352 g/mol. The van der Waals surface area contributed by atoms with E-state index in [0.717, 1.165) is 32.4 Å². The van der Waals surface area contributed by atoms with Crippen LogP contribution in [0.4, 0.5) is 11.8 Å². The van der Waals surface area contributed by atoms with Crippen LogP contribution in [0, 0.1) is 11.3 Å². The van der Waals surface area contributed by atoms with Crippen molar-refractivity contribution in [2.24, 2.45) is 0 Å². The molecule has 1 aromatic carbocycles. The molecule has 0 saturated carbocycles. The van der Waals surface area contributed by atoms with Gasteiger partial charge in [0.05, 0.1) is 5.69 Å². The zero-order valence-corrected chi connectivity index (χ0v) is 14.3. The Morgan fingerprint density at radius 2 is 1.92 bits per heavy atom. The average molecular weight is 352 g/mol. The fourth-order valence-corrected chi connectivity index (χ4v) is 2.96. The van der Waals surface area contributed by atoms with Crippen molar-refractivity contribution in [3.8, 4) is 23.1 Å². The Bertz CT molecular complexity index is 855. The lowest BCUT2D eigenvalue weighted by atomic mass is 10.1. The SMILES string of the molecule is N#Cc1c(N)nc(N)nc1-c1ccccc1OCC(=O)N1CCCCC1. The van der Waals surface area contributed by atoms with Gasteiger partial charge in [0.2, 0.25) is 5.95 Å². The number of carbonyl (C=O) groups excluding carboxylic acids is 1. The molecule has 134 valence electrons. The molecule has 8 nitrogen and oxygen atoms in total. The number of ether oxygens (including phenoxy) is 1. The minimum Gasteiger partial charge on any atom is -0.483 e. The van der Waals surface area contributed by atoms with Gasteiger partial charge in [-0.2, -0.15) is 10.2 Å². The van der Waals surface area contributed by atoms with Gasteiger partial charge in [0.15, 0.2) is 6.61 Å². The molecule has 0 bridgehead atoms. The lowest BCUT2D eigenvalue weighted by molar-refractivity contribution is -0.134. The molecule has 26 heavy (non-hydrogen) atoms. The summed E-state index contributed by atoms with van der Waals surface area (Å²) in [6.07, 6.45) is 3.20. The van der Waals surface area contributed by atoms with E-state index in [0.29, 0.717) is 17.0 Å². The molecule has 8 heteroatoms. The molecule has 1 fully saturated rings. The maximum atomic E-state index is 12.3. The van der Waals surface area contributed by atoms with Crippen molar-refractivity contribution in [1.29, 1.82) is 5.26 Å². The summed E-state index contributed by atoms with van der Waals surface area (Å²) in [4.78, 5) is 22.1. The highest BCUT2D eigenvalue weighted by Gasteiger charge is 2.20. The van der Waals surface area contributed by atoms with E-state index < -0.39 is 0 Å². The lowest BCUT2D eigenvalue weighted by Crippen LogP contribution is -2.38. The number of aromatic nitrogens is 2. The van der Waals surface area contributed by atoms with E-state index in [9.17, 15) is 10.1 Å². The van der Waals surface area contributed by atoms with Crippen LogP contribution >= 0.6 is 0 Å². The smallest absolute Gasteiger partial charge is 0.260 e. The van der Waals surface area contributed by atoms with Crippen LogP contribution in [0.5, 0.6) is 5.75 Å². The van der Waals surface area contributed by atoms with Crippen molar-refractivity contribution in [3.05, 3.63) is 29.8 Å². The third kappa shape index (κ3) is 3.67. The molecule has 1 saturated heterocycles. The molecule has 0 atom stereocenters. The van der Waals surface area contributed by atoms with Crippen molar-refractivity contribution in [2.75, 3.05) is 31.2 Å². The third-order valence-corrected chi connectivity index (χ3v) is 4.27. The Kier molecular flexibility index (Phi) is 5.17. The van der Waals surface area contributed by atoms with Gasteiger partial charge in [0.1, 0.15) is 23.2 Å². The van der Waals surface area contributed by atoms with E-state index in [1.165, 1.54) is 0 Å². The van der Waals surface area contributed by atoms with Gasteiger partial charge in [-0.25, -0.2) is 4.98 Å². The van der Waals surface area contributed by atoms with Crippen molar-refractivity contribution in [3.63, 3.8) is 0 Å². The molecule has 1 aliphatic rings. The summed E-state index contributed by atoms with van der Waals surface area (Å²) in [7, 11) is 0. The van der Waals surface area contributed by atoms with Crippen molar-refractivity contribution >= 4 is 17.7 Å². The van der Waals surface area contributed by atoms with E-state index in [1.807, 2.05) is 11.0 Å². The van der Waals surface area contributed by atoms with E-state index >= 15 is 0 Å². The minimum absolute atomic E-state index is 0.00851. The van der Waals surface area contributed by atoms with Crippen LogP contribution in [0.25, 0.3) is 11.3 Å². The molecule has 0 radical (unpaired) electrons. The second kappa shape index (κ2) is 7.70. The summed E-state index contributed by atoms with van der Waals surface area (Å²) in [6, 6.07) is 9.02. The Hall–Kier alpha value is -3.34. The first-order valence-corrected chi connectivity index (χ1v) is 8.43. The summed E-state index contributed by atoms with van der Waals surface area (Å²) in [5.41, 5.74) is 12.4. The number of para-hydroxylation sites is 1. The predicted octanol–water partition coefficient (Wildman–Crippen LogP) is 1.57. The van der Waals surface area contributed by atoms with Crippen molar-refractivity contribution in [1.82, 2.24) is 14.9 Å². The van der Waals surface area contributed by atoms with E-state index in [2.05, 4.69) is 9.97 Å². The highest BCUT2D eigenvalue weighted by Crippen LogP contribution is 2.32. The van der Waals surface area contributed by atoms with Gasteiger partial charge < -0.3 is 21.1 Å². The lowest BCUT2D eigenvalue weighted by Gasteiger charge is -2.26. The molecular formula is C18H20N6O2. The molecule has 3 rings (SSSR count). The zero-order chi connectivity index (χ0) is 18.5. The number of likely N-dealkylation sites (tertiary alicyclic amines) is 1. The number of hydrogen-bond acceptors (Lipinski definition) is 7. The minimum atomic E-state index is -0.0745. The average Bonchev–Trinajstić information content (AvgIpc) is 2.66. The predicted molar refractivity (Wildman–Crippen MR) is 96.9 cm³/mol. The third-order valence-electron chi connectivity index (χ3n) is 4.27. The number of nitrogen functional groups attached to an aromatic ring is 2. The van der Waals surface area contributed by atoms with Gasteiger partial charge >= 0.3 is 0 Å². The number of nitrogens with zero attached hydrogens (tertiary/aromatic N) is 4. The second-order valence-corrected chi connectivity index (χ2v) is 6.03. The Morgan fingerprint density at radius 1 is 1.19 bits per heavy atom. The molecule has 4 N–H and O–H groups in total. The Balaban J connectivity index is 1.85. The van der Waals surface area contributed by atoms with Gasteiger partial charge in [-0.15, -0.1) is 0 Å². The molecule has 1 aliphatic heterocycles. The maximum absolute atomic E-state index is 12.3. The fourth-order valence-electron chi connectivity index (χ4n) is 2.96. The summed E-state index contributed by atoms with van der Waals surface area (Å²) >= 11 is 0. The van der Waals surface area contributed by atoms with Crippen LogP contribution in [-0.4, -0.2) is 40.5 Å². The highest BCUT2D eigenvalue weighted by atomic mass is 16.5. The summed E-state index contributed by atoms with van der Waals surface area (Å²) in [5, 5.41) is 9.38. The van der Waals surface area contributed by atoms with Crippen LogP contribution in [0.2, 0.25) is 0 Å². The number of nitriles is 1. The normalized spacial score (nSPS) is 13.9. The number of carbonyl (C=O) groups is 1. The van der Waals surface area contributed by atoms with Gasteiger partial charge in [-0.05, 0) is 31.4 Å². The fraction of sp³-hybridized carbons (Fsp3) is 0.333. The van der Waals surface area contributed by atoms with Crippen molar-refractivity contribution < 1.29 is 9.53 Å². The molecule has 2 aromatic rings. The van der Waals surface area contributed by atoms with Crippen LogP contribution in [-0.2, 0) is 4.79 Å². The topological polar surface area (TPSA) is 131 Å². The van der Waals surface area contributed by atoms with Crippen LogP contribution in [0.15, 0.2) is 24.3 Å². The van der Waals surface area contributed by atoms with Gasteiger partial charge in [0.25, 0.3) is 5.91 Å². The van der Waals surface area contributed by atoms with Gasteiger partial charge in [0, 0.05) is 18.7 Å². The molecule has 0 unspecified atom stereocenters. The van der Waals surface area contributed by atoms with Crippen LogP contribution < -0.4 is 16.2 Å². The maximum Gasteiger partial charge on any atom is 0.260 e. The first-order chi connectivity index (χ1) is 12.6. The molecule has 1 amide bonds. The number of rotatable bonds is 4. The number of nitrogens with two attached hydrogens (primary N) is 2. The first-order valence-electron chi connectivity index (χ1n) is 8.43. The molecule has 0 aliphatic carbocycles. The largest absolute Gasteiger partial charge is 0.483 e. The first kappa shape index (κ1) is 17.5. The zero-order valence-electron chi connectivity index (χ0n) is 14.3. The summed E-state index contributed by atoms with van der Waals surface area (Å²) in [6.45, 7) is 1.46.